The predicted octanol–water partition coefficient (Wildman–Crippen LogP) is 3.24. The number of hydrogen-bond acceptors (Lipinski definition) is 4. The van der Waals surface area contributed by atoms with Gasteiger partial charge in [-0.3, -0.25) is 4.21 Å². The van der Waals surface area contributed by atoms with Crippen molar-refractivity contribution in [2.45, 2.75) is 30.4 Å². The number of rotatable bonds is 7. The van der Waals surface area contributed by atoms with Gasteiger partial charge in [-0.2, -0.15) is 5.26 Å². The van der Waals surface area contributed by atoms with E-state index in [4.69, 9.17) is 0 Å². The van der Waals surface area contributed by atoms with Gasteiger partial charge in [0.05, 0.1) is 11.3 Å². The first-order valence-electron chi connectivity index (χ1n) is 6.32. The minimum absolute atomic E-state index is 0.172. The van der Waals surface area contributed by atoms with Crippen LogP contribution in [-0.2, 0) is 10.8 Å². The van der Waals surface area contributed by atoms with E-state index in [1.54, 1.807) is 18.0 Å². The van der Waals surface area contributed by atoms with Gasteiger partial charge >= 0.3 is 0 Å². The molecule has 0 aromatic heterocycles. The Labute approximate surface area is 122 Å². The molecule has 0 radical (unpaired) electrons. The van der Waals surface area contributed by atoms with E-state index in [0.717, 1.165) is 29.3 Å². The van der Waals surface area contributed by atoms with Crippen LogP contribution >= 0.6 is 11.8 Å². The van der Waals surface area contributed by atoms with E-state index < -0.39 is 10.8 Å². The highest BCUT2D eigenvalue weighted by atomic mass is 32.2. The number of nitriles is 1. The Morgan fingerprint density at radius 1 is 1.53 bits per heavy atom. The topological polar surface area (TPSA) is 52.9 Å². The van der Waals surface area contributed by atoms with Gasteiger partial charge in [0.25, 0.3) is 0 Å². The number of hydrogen-bond donors (Lipinski definition) is 1. The van der Waals surface area contributed by atoms with Crippen LogP contribution in [0.2, 0.25) is 0 Å². The van der Waals surface area contributed by atoms with Crippen molar-refractivity contribution in [1.29, 1.82) is 5.26 Å². The van der Waals surface area contributed by atoms with Crippen molar-refractivity contribution in [1.82, 2.24) is 0 Å². The zero-order chi connectivity index (χ0) is 14.3. The molecule has 19 heavy (non-hydrogen) atoms. The molecule has 0 bridgehead atoms. The number of thioether (sulfide) groups is 1. The second-order valence-corrected chi connectivity index (χ2v) is 7.36. The fourth-order valence-electron chi connectivity index (χ4n) is 1.65. The van der Waals surface area contributed by atoms with Crippen LogP contribution in [0.15, 0.2) is 23.1 Å². The fourth-order valence-corrected chi connectivity index (χ4v) is 2.88. The van der Waals surface area contributed by atoms with Gasteiger partial charge in [-0.15, -0.1) is 11.8 Å². The number of benzene rings is 1. The second kappa shape index (κ2) is 8.23. The molecule has 0 saturated heterocycles. The Kier molecular flexibility index (Phi) is 6.96. The Hall–Kier alpha value is -0.990. The molecule has 104 valence electrons. The predicted molar refractivity (Wildman–Crippen MR) is 84.2 cm³/mol. The molecule has 2 atom stereocenters. The van der Waals surface area contributed by atoms with Crippen molar-refractivity contribution < 1.29 is 4.21 Å². The molecule has 1 rings (SSSR count). The Morgan fingerprint density at radius 3 is 2.84 bits per heavy atom. The first-order chi connectivity index (χ1) is 9.10. The molecule has 1 aromatic carbocycles. The third kappa shape index (κ3) is 4.88. The summed E-state index contributed by atoms with van der Waals surface area (Å²) in [4.78, 5) is 1.02. The lowest BCUT2D eigenvalue weighted by atomic mass is 10.2. The van der Waals surface area contributed by atoms with Gasteiger partial charge in [0, 0.05) is 33.7 Å². The molecule has 0 aliphatic carbocycles. The summed E-state index contributed by atoms with van der Waals surface area (Å²) in [6.45, 7) is 4.78. The molecule has 0 heterocycles. The molecule has 2 unspecified atom stereocenters. The molecule has 3 nitrogen and oxygen atoms in total. The summed E-state index contributed by atoms with van der Waals surface area (Å²) in [5.74, 6) is 0.948. The summed E-state index contributed by atoms with van der Waals surface area (Å²) in [5.41, 5.74) is 1.58. The van der Waals surface area contributed by atoms with Crippen LogP contribution < -0.4 is 5.32 Å². The number of anilines is 1. The largest absolute Gasteiger partial charge is 0.384 e. The zero-order valence-corrected chi connectivity index (χ0v) is 13.2. The summed E-state index contributed by atoms with van der Waals surface area (Å²) < 4.78 is 11.3. The zero-order valence-electron chi connectivity index (χ0n) is 11.6. The third-order valence-corrected chi connectivity index (χ3v) is 5.18. The van der Waals surface area contributed by atoms with E-state index in [1.165, 1.54) is 0 Å². The minimum Gasteiger partial charge on any atom is -0.384 e. The van der Waals surface area contributed by atoms with Crippen molar-refractivity contribution in [3.05, 3.63) is 23.8 Å². The van der Waals surface area contributed by atoms with Crippen LogP contribution in [0.3, 0.4) is 0 Å². The summed E-state index contributed by atoms with van der Waals surface area (Å²) >= 11 is 1.67. The first kappa shape index (κ1) is 16.1. The van der Waals surface area contributed by atoms with Crippen LogP contribution in [0.1, 0.15) is 25.8 Å². The van der Waals surface area contributed by atoms with Crippen molar-refractivity contribution in [2.75, 3.05) is 23.9 Å². The number of nitrogens with zero attached hydrogens (tertiary/aromatic N) is 1. The fraction of sp³-hybridized carbons (Fsp3) is 0.500. The molecule has 1 aromatic rings. The van der Waals surface area contributed by atoms with Gasteiger partial charge in [-0.1, -0.05) is 19.9 Å². The van der Waals surface area contributed by atoms with Crippen molar-refractivity contribution in [3.63, 3.8) is 0 Å². The van der Waals surface area contributed by atoms with E-state index in [2.05, 4.69) is 18.3 Å². The maximum atomic E-state index is 11.3. The first-order valence-corrected chi connectivity index (χ1v) is 8.92. The molecule has 1 N–H and O–H groups in total. The average molecular weight is 296 g/mol. The summed E-state index contributed by atoms with van der Waals surface area (Å²) in [6.07, 6.45) is 2.56. The van der Waals surface area contributed by atoms with Crippen LogP contribution in [0.25, 0.3) is 0 Å². The lowest BCUT2D eigenvalue weighted by Crippen LogP contribution is -2.15. The van der Waals surface area contributed by atoms with Crippen LogP contribution in [0.4, 0.5) is 5.69 Å². The van der Waals surface area contributed by atoms with Crippen molar-refractivity contribution in [3.8, 4) is 6.07 Å². The third-order valence-electron chi connectivity index (χ3n) is 2.87. The summed E-state index contributed by atoms with van der Waals surface area (Å²) in [6, 6.07) is 8.12. The lowest BCUT2D eigenvalue weighted by molar-refractivity contribution is 0.672. The smallest absolute Gasteiger partial charge is 0.102 e. The SMILES string of the molecule is CCSc1cccc(NCCC(C)S(C)=O)c1C#N. The molecular formula is C14H20N2OS2. The normalized spacial score (nSPS) is 13.6. The molecule has 0 aliphatic heterocycles. The molecule has 0 amide bonds. The van der Waals surface area contributed by atoms with Gasteiger partial charge in [-0.25, -0.2) is 0 Å². The van der Waals surface area contributed by atoms with Crippen LogP contribution in [-0.4, -0.2) is 28.0 Å². The summed E-state index contributed by atoms with van der Waals surface area (Å²) in [7, 11) is -0.792. The Balaban J connectivity index is 2.71. The maximum absolute atomic E-state index is 11.3. The quantitative estimate of drug-likeness (QED) is 0.785. The minimum atomic E-state index is -0.792. The van der Waals surface area contributed by atoms with E-state index >= 15 is 0 Å². The molecular weight excluding hydrogens is 276 g/mol. The molecule has 0 fully saturated rings. The van der Waals surface area contributed by atoms with Gasteiger partial charge < -0.3 is 5.32 Å². The Bertz CT molecular complexity index is 483. The van der Waals surface area contributed by atoms with E-state index in [-0.39, 0.29) is 5.25 Å². The average Bonchev–Trinajstić information content (AvgIpc) is 2.39. The molecule has 0 spiro atoms. The van der Waals surface area contributed by atoms with Crippen LogP contribution in [0.5, 0.6) is 0 Å². The van der Waals surface area contributed by atoms with Crippen molar-refractivity contribution in [2.24, 2.45) is 0 Å². The van der Waals surface area contributed by atoms with E-state index in [1.807, 2.05) is 25.1 Å². The maximum Gasteiger partial charge on any atom is 0.102 e. The van der Waals surface area contributed by atoms with Crippen molar-refractivity contribution >= 4 is 28.2 Å². The monoisotopic (exact) mass is 296 g/mol. The highest BCUT2D eigenvalue weighted by Gasteiger charge is 2.09. The van der Waals surface area contributed by atoms with Gasteiger partial charge in [0.15, 0.2) is 0 Å². The molecule has 0 saturated carbocycles. The second-order valence-electron chi connectivity index (χ2n) is 4.25. The van der Waals surface area contributed by atoms with Gasteiger partial charge in [0.1, 0.15) is 6.07 Å². The Morgan fingerprint density at radius 2 is 2.26 bits per heavy atom. The van der Waals surface area contributed by atoms with Crippen LogP contribution in [0, 0.1) is 11.3 Å². The number of nitrogens with one attached hydrogen (secondary N) is 1. The standard InChI is InChI=1S/C14H20N2OS2/c1-4-18-14-7-5-6-13(12(14)10-15)16-9-8-11(2)19(3)17/h5-7,11,16H,4,8-9H2,1-3H3. The molecule has 5 heteroatoms. The lowest BCUT2D eigenvalue weighted by Gasteiger charge is -2.13. The van der Waals surface area contributed by atoms with Gasteiger partial charge in [-0.05, 0) is 24.3 Å². The highest BCUT2D eigenvalue weighted by molar-refractivity contribution is 7.99. The van der Waals surface area contributed by atoms with E-state index in [9.17, 15) is 9.47 Å². The highest BCUT2D eigenvalue weighted by Crippen LogP contribution is 2.27. The van der Waals surface area contributed by atoms with Gasteiger partial charge in [0.2, 0.25) is 0 Å². The molecule has 0 aliphatic rings. The summed E-state index contributed by atoms with van der Waals surface area (Å²) in [5, 5.41) is 12.7. The van der Waals surface area contributed by atoms with E-state index in [0.29, 0.717) is 5.56 Å².